The summed E-state index contributed by atoms with van der Waals surface area (Å²) in [5, 5.41) is 12.6. The van der Waals surface area contributed by atoms with Crippen LogP contribution in [0.15, 0.2) is 42.5 Å². The van der Waals surface area contributed by atoms with Gasteiger partial charge in [0.2, 0.25) is 0 Å². The molecule has 0 atom stereocenters. The number of nitrogens with zero attached hydrogens (tertiary/aromatic N) is 4. The van der Waals surface area contributed by atoms with E-state index in [1.165, 1.54) is 22.3 Å². The van der Waals surface area contributed by atoms with E-state index in [1.54, 1.807) is 19.2 Å². The molecule has 40 heavy (non-hydrogen) atoms. The van der Waals surface area contributed by atoms with Crippen molar-refractivity contribution >= 4 is 31.6 Å². The zero-order chi connectivity index (χ0) is 29.9. The van der Waals surface area contributed by atoms with Crippen molar-refractivity contribution < 1.29 is 18.3 Å². The highest BCUT2D eigenvalue weighted by Crippen LogP contribution is 2.48. The number of carbonyl (C=O) groups is 1. The van der Waals surface area contributed by atoms with Gasteiger partial charge in [0, 0.05) is 30.1 Å². The Morgan fingerprint density at radius 2 is 1.90 bits per heavy atom. The van der Waals surface area contributed by atoms with Crippen LogP contribution in [0.5, 0.6) is 0 Å². The monoisotopic (exact) mass is 589 g/mol. The number of halogens is 1. The minimum atomic E-state index is -1.88. The molecular formula is C29H44FN5O3SSi. The van der Waals surface area contributed by atoms with Crippen molar-refractivity contribution in [1.29, 1.82) is 0 Å². The van der Waals surface area contributed by atoms with E-state index in [9.17, 15) is 9.18 Å². The number of allylic oxidation sites excluding steroid dienone is 2. The second-order valence-corrected chi connectivity index (χ2v) is 18.8. The van der Waals surface area contributed by atoms with Crippen molar-refractivity contribution in [3.8, 4) is 10.7 Å². The van der Waals surface area contributed by atoms with Gasteiger partial charge in [-0.2, -0.15) is 0 Å². The molecule has 0 saturated heterocycles. The van der Waals surface area contributed by atoms with Crippen molar-refractivity contribution in [2.24, 2.45) is 5.41 Å². The largest absolute Gasteiger partial charge is 0.443 e. The molecule has 2 aromatic rings. The van der Waals surface area contributed by atoms with Crippen molar-refractivity contribution in [3.05, 3.63) is 47.4 Å². The molecule has 1 fully saturated rings. The SMILES string of the molecule is C=C/C(F)=C(\NC)C1(CN(C(=O)OC(C)(C)C)c2ccc(-c3ncc(CO[Si](C)(C)C(C)(C)C)s3)nn2)CCC1. The molecule has 1 amide bonds. The van der Waals surface area contributed by atoms with Crippen LogP contribution < -0.4 is 10.2 Å². The van der Waals surface area contributed by atoms with Crippen LogP contribution in [0.3, 0.4) is 0 Å². The molecule has 220 valence electrons. The van der Waals surface area contributed by atoms with Crippen LogP contribution in [-0.2, 0) is 15.8 Å². The van der Waals surface area contributed by atoms with Crippen molar-refractivity contribution in [1.82, 2.24) is 20.5 Å². The molecule has 0 unspecified atom stereocenters. The first-order valence-electron chi connectivity index (χ1n) is 13.7. The van der Waals surface area contributed by atoms with Gasteiger partial charge in [-0.05, 0) is 70.0 Å². The molecule has 0 aliphatic heterocycles. The van der Waals surface area contributed by atoms with Gasteiger partial charge in [-0.1, -0.05) is 33.8 Å². The van der Waals surface area contributed by atoms with Crippen molar-refractivity contribution in [3.63, 3.8) is 0 Å². The molecule has 2 heterocycles. The molecule has 0 aromatic carbocycles. The normalized spacial score (nSPS) is 16.1. The number of anilines is 1. The summed E-state index contributed by atoms with van der Waals surface area (Å²) in [6.45, 7) is 20.8. The molecule has 3 rings (SSSR count). The maximum absolute atomic E-state index is 14.8. The first-order chi connectivity index (χ1) is 18.5. The van der Waals surface area contributed by atoms with Crippen LogP contribution in [0.4, 0.5) is 15.0 Å². The third-order valence-electron chi connectivity index (χ3n) is 7.66. The Morgan fingerprint density at radius 3 is 2.38 bits per heavy atom. The molecule has 1 aliphatic carbocycles. The van der Waals surface area contributed by atoms with Gasteiger partial charge in [-0.15, -0.1) is 21.5 Å². The van der Waals surface area contributed by atoms with Crippen LogP contribution >= 0.6 is 11.3 Å². The van der Waals surface area contributed by atoms with E-state index in [0.717, 1.165) is 16.3 Å². The Kier molecular flexibility index (Phi) is 9.63. The third-order valence-corrected chi connectivity index (χ3v) is 13.1. The molecule has 0 spiro atoms. The van der Waals surface area contributed by atoms with Crippen LogP contribution in [-0.4, -0.2) is 48.8 Å². The van der Waals surface area contributed by atoms with E-state index in [2.05, 4.69) is 60.9 Å². The smallest absolute Gasteiger partial charge is 0.416 e. The summed E-state index contributed by atoms with van der Waals surface area (Å²) in [6, 6.07) is 3.53. The lowest BCUT2D eigenvalue weighted by Crippen LogP contribution is -2.50. The highest BCUT2D eigenvalue weighted by molar-refractivity contribution is 7.15. The number of carbonyl (C=O) groups excluding carboxylic acids is 1. The quantitative estimate of drug-likeness (QED) is 0.225. The molecule has 0 radical (unpaired) electrons. The third kappa shape index (κ3) is 7.35. The average Bonchev–Trinajstić information content (AvgIpc) is 3.31. The first kappa shape index (κ1) is 31.9. The van der Waals surface area contributed by atoms with Crippen LogP contribution in [0.25, 0.3) is 10.7 Å². The lowest BCUT2D eigenvalue weighted by molar-refractivity contribution is 0.0543. The standard InChI is InChI=1S/C29H44FN5O3SSi/c1-11-21(30)24(31-8)29(15-12-16-29)19-35(26(36)38-27(2,3)4)23-14-13-22(33-34-23)25-32-17-20(39-25)18-37-40(9,10)28(5,6)7/h11,13-14,17,31H,1,12,15-16,18-19H2,2-10H3/b24-21+. The number of hydrogen-bond donors (Lipinski definition) is 1. The van der Waals surface area contributed by atoms with Gasteiger partial charge in [0.1, 0.15) is 22.1 Å². The van der Waals surface area contributed by atoms with E-state index >= 15 is 0 Å². The minimum Gasteiger partial charge on any atom is -0.443 e. The Balaban J connectivity index is 1.86. The molecule has 1 aliphatic rings. The fourth-order valence-electron chi connectivity index (χ4n) is 4.23. The van der Waals surface area contributed by atoms with Crippen molar-refractivity contribution in [2.75, 3.05) is 18.5 Å². The Morgan fingerprint density at radius 1 is 1.23 bits per heavy atom. The maximum Gasteiger partial charge on any atom is 0.416 e. The number of aromatic nitrogens is 3. The average molecular weight is 590 g/mol. The summed E-state index contributed by atoms with van der Waals surface area (Å²) in [6.07, 6.45) is 4.80. The van der Waals surface area contributed by atoms with E-state index in [1.807, 2.05) is 27.0 Å². The Labute approximate surface area is 243 Å². The maximum atomic E-state index is 14.8. The predicted octanol–water partition coefficient (Wildman–Crippen LogP) is 7.62. The lowest BCUT2D eigenvalue weighted by atomic mass is 9.65. The summed E-state index contributed by atoms with van der Waals surface area (Å²) in [5.74, 6) is -0.0957. The zero-order valence-electron chi connectivity index (χ0n) is 25.4. The summed E-state index contributed by atoms with van der Waals surface area (Å²) >= 11 is 1.51. The second-order valence-electron chi connectivity index (χ2n) is 12.8. The van der Waals surface area contributed by atoms with Gasteiger partial charge in [-0.25, -0.2) is 14.2 Å². The number of rotatable bonds is 10. The number of ether oxygens (including phenoxy) is 1. The van der Waals surface area contributed by atoms with Gasteiger partial charge in [-0.3, -0.25) is 4.90 Å². The van der Waals surface area contributed by atoms with Crippen LogP contribution in [0.2, 0.25) is 18.1 Å². The molecule has 11 heteroatoms. The summed E-state index contributed by atoms with van der Waals surface area (Å²) in [4.78, 5) is 20.4. The van der Waals surface area contributed by atoms with E-state index in [-0.39, 0.29) is 11.6 Å². The Bertz CT molecular complexity index is 1230. The zero-order valence-corrected chi connectivity index (χ0v) is 27.2. The number of thiazole rings is 1. The number of hydrogen-bond acceptors (Lipinski definition) is 8. The van der Waals surface area contributed by atoms with E-state index in [0.29, 0.717) is 36.7 Å². The highest BCUT2D eigenvalue weighted by atomic mass is 32.1. The Hall–Kier alpha value is -2.63. The lowest BCUT2D eigenvalue weighted by Gasteiger charge is -2.46. The van der Waals surface area contributed by atoms with Crippen LogP contribution in [0.1, 0.15) is 65.7 Å². The molecule has 2 aromatic heterocycles. The topological polar surface area (TPSA) is 89.5 Å². The van der Waals surface area contributed by atoms with Crippen molar-refractivity contribution in [2.45, 2.75) is 91.1 Å². The minimum absolute atomic E-state index is 0.126. The fourth-order valence-corrected chi connectivity index (χ4v) is 6.08. The van der Waals surface area contributed by atoms with Crippen LogP contribution in [0, 0.1) is 5.41 Å². The fraction of sp³-hybridized carbons (Fsp3) is 0.586. The van der Waals surface area contributed by atoms with Gasteiger partial charge in [0.15, 0.2) is 14.1 Å². The summed E-state index contributed by atoms with van der Waals surface area (Å²) in [5.41, 5.74) is -0.281. The van der Waals surface area contributed by atoms with Gasteiger partial charge in [0.25, 0.3) is 0 Å². The number of amides is 1. The molecule has 1 saturated carbocycles. The molecular weight excluding hydrogens is 546 g/mol. The van der Waals surface area contributed by atoms with E-state index < -0.39 is 31.3 Å². The molecule has 0 bridgehead atoms. The predicted molar refractivity (Wildman–Crippen MR) is 162 cm³/mol. The summed E-state index contributed by atoms with van der Waals surface area (Å²) in [7, 11) is -0.195. The first-order valence-corrected chi connectivity index (χ1v) is 17.4. The number of nitrogens with one attached hydrogen (secondary N) is 1. The second kappa shape index (κ2) is 12.1. The summed E-state index contributed by atoms with van der Waals surface area (Å²) < 4.78 is 26.8. The van der Waals surface area contributed by atoms with Gasteiger partial charge in [0.05, 0.1) is 12.3 Å². The highest BCUT2D eigenvalue weighted by Gasteiger charge is 2.45. The van der Waals surface area contributed by atoms with E-state index in [4.69, 9.17) is 9.16 Å². The molecule has 8 nitrogen and oxygen atoms in total. The van der Waals surface area contributed by atoms with Gasteiger partial charge < -0.3 is 14.5 Å². The molecule has 1 N–H and O–H groups in total. The van der Waals surface area contributed by atoms with Gasteiger partial charge >= 0.3 is 6.09 Å².